The van der Waals surface area contributed by atoms with Gasteiger partial charge in [-0.05, 0) is 12.1 Å². The Labute approximate surface area is 117 Å². The highest BCUT2D eigenvalue weighted by Gasteiger charge is 2.17. The summed E-state index contributed by atoms with van der Waals surface area (Å²) in [4.78, 5) is 25.6. The van der Waals surface area contributed by atoms with Crippen molar-refractivity contribution in [2.75, 3.05) is 6.54 Å². The molecule has 2 aromatic rings. The van der Waals surface area contributed by atoms with E-state index in [0.29, 0.717) is 5.56 Å². The molecule has 1 atom stereocenters. The number of carbonyl (C=O) groups is 2. The number of rotatable bonds is 4. The largest absolute Gasteiger partial charge is 0.480 e. The van der Waals surface area contributed by atoms with E-state index in [4.69, 9.17) is 10.8 Å². The first kappa shape index (κ1) is 13.6. The maximum Gasteiger partial charge on any atom is 0.322 e. The van der Waals surface area contributed by atoms with Gasteiger partial charge in [0.1, 0.15) is 6.04 Å². The molecule has 5 N–H and O–H groups in total. The minimum Gasteiger partial charge on any atom is -0.480 e. The molecule has 19 heavy (non-hydrogen) atoms. The molecule has 1 aromatic carbocycles. The third-order valence-electron chi connectivity index (χ3n) is 2.70. The van der Waals surface area contributed by atoms with Crippen molar-refractivity contribution < 1.29 is 14.7 Å². The zero-order valence-corrected chi connectivity index (χ0v) is 11.4. The molecule has 0 fully saturated rings. The molecular weight excluding hydrogens is 314 g/mol. The number of carboxylic acid groups (broad SMARTS) is 1. The van der Waals surface area contributed by atoms with E-state index in [1.807, 2.05) is 18.2 Å². The lowest BCUT2D eigenvalue weighted by molar-refractivity contribution is -0.138. The highest BCUT2D eigenvalue weighted by atomic mass is 79.9. The van der Waals surface area contributed by atoms with Crippen LogP contribution in [0.2, 0.25) is 0 Å². The van der Waals surface area contributed by atoms with Crippen molar-refractivity contribution in [3.63, 3.8) is 0 Å². The molecule has 7 heteroatoms. The minimum atomic E-state index is -1.15. The van der Waals surface area contributed by atoms with Gasteiger partial charge in [-0.2, -0.15) is 0 Å². The number of aromatic nitrogens is 1. The van der Waals surface area contributed by atoms with Crippen molar-refractivity contribution in [1.29, 1.82) is 0 Å². The number of H-pyrrole nitrogens is 1. The van der Waals surface area contributed by atoms with E-state index in [1.54, 1.807) is 6.20 Å². The maximum atomic E-state index is 12.0. The summed E-state index contributed by atoms with van der Waals surface area (Å²) in [6, 6.07) is 4.42. The molecule has 0 saturated heterocycles. The Morgan fingerprint density at radius 3 is 2.89 bits per heavy atom. The van der Waals surface area contributed by atoms with Crippen LogP contribution in [0.15, 0.2) is 28.9 Å². The lowest BCUT2D eigenvalue weighted by Crippen LogP contribution is -2.42. The van der Waals surface area contributed by atoms with E-state index >= 15 is 0 Å². The Morgan fingerprint density at radius 2 is 2.21 bits per heavy atom. The van der Waals surface area contributed by atoms with Gasteiger partial charge in [-0.15, -0.1) is 0 Å². The number of nitrogens with one attached hydrogen (secondary N) is 2. The number of aliphatic carboxylic acids is 1. The molecule has 2 rings (SSSR count). The standard InChI is InChI=1S/C12H12BrN3O3/c13-7-2-1-3-9-10(7)6(4-15-9)11(17)16-5-8(14)12(18)19/h1-4,8,15H,5,14H2,(H,16,17)(H,18,19). The van der Waals surface area contributed by atoms with E-state index in [-0.39, 0.29) is 12.5 Å². The zero-order chi connectivity index (χ0) is 14.0. The summed E-state index contributed by atoms with van der Waals surface area (Å²) in [6.45, 7) is -0.120. The van der Waals surface area contributed by atoms with Crippen LogP contribution in [0.5, 0.6) is 0 Å². The van der Waals surface area contributed by atoms with Gasteiger partial charge >= 0.3 is 5.97 Å². The van der Waals surface area contributed by atoms with Gasteiger partial charge in [-0.25, -0.2) is 0 Å². The fourth-order valence-corrected chi connectivity index (χ4v) is 2.28. The van der Waals surface area contributed by atoms with Crippen molar-refractivity contribution in [2.24, 2.45) is 5.73 Å². The predicted molar refractivity (Wildman–Crippen MR) is 73.9 cm³/mol. The monoisotopic (exact) mass is 325 g/mol. The third kappa shape index (κ3) is 2.77. The zero-order valence-electron chi connectivity index (χ0n) is 9.81. The first-order valence-electron chi connectivity index (χ1n) is 5.53. The number of hydrogen-bond acceptors (Lipinski definition) is 3. The second-order valence-electron chi connectivity index (χ2n) is 4.02. The van der Waals surface area contributed by atoms with E-state index in [9.17, 15) is 9.59 Å². The Hall–Kier alpha value is -1.86. The van der Waals surface area contributed by atoms with Gasteiger partial charge in [0.05, 0.1) is 5.56 Å². The van der Waals surface area contributed by atoms with E-state index < -0.39 is 12.0 Å². The van der Waals surface area contributed by atoms with E-state index in [1.165, 1.54) is 0 Å². The Balaban J connectivity index is 2.20. The van der Waals surface area contributed by atoms with Gasteiger partial charge in [-0.1, -0.05) is 22.0 Å². The summed E-state index contributed by atoms with van der Waals surface area (Å²) in [6.07, 6.45) is 1.58. The number of halogens is 1. The first-order valence-corrected chi connectivity index (χ1v) is 6.32. The van der Waals surface area contributed by atoms with Crippen LogP contribution in [0.25, 0.3) is 10.9 Å². The van der Waals surface area contributed by atoms with Crippen LogP contribution in [0, 0.1) is 0 Å². The molecule has 1 unspecified atom stereocenters. The molecule has 1 aromatic heterocycles. The summed E-state index contributed by atoms with van der Waals surface area (Å²) >= 11 is 3.38. The number of nitrogens with two attached hydrogens (primary N) is 1. The van der Waals surface area contributed by atoms with Gasteiger partial charge in [0, 0.05) is 28.1 Å². The maximum absolute atomic E-state index is 12.0. The number of hydrogen-bond donors (Lipinski definition) is 4. The Morgan fingerprint density at radius 1 is 1.47 bits per heavy atom. The van der Waals surface area contributed by atoms with Crippen molar-refractivity contribution in [2.45, 2.75) is 6.04 Å². The molecule has 0 saturated carbocycles. The van der Waals surface area contributed by atoms with Crippen molar-refractivity contribution in [1.82, 2.24) is 10.3 Å². The van der Waals surface area contributed by atoms with Gasteiger partial charge in [-0.3, -0.25) is 9.59 Å². The van der Waals surface area contributed by atoms with Gasteiger partial charge in [0.15, 0.2) is 0 Å². The summed E-state index contributed by atoms with van der Waals surface area (Å²) in [5, 5.41) is 11.9. The van der Waals surface area contributed by atoms with Crippen LogP contribution in [0.1, 0.15) is 10.4 Å². The van der Waals surface area contributed by atoms with Crippen molar-refractivity contribution in [3.8, 4) is 0 Å². The highest BCUT2D eigenvalue weighted by molar-refractivity contribution is 9.10. The number of carbonyl (C=O) groups excluding carboxylic acids is 1. The SMILES string of the molecule is NC(CNC(=O)c1c[nH]c2cccc(Br)c12)C(=O)O. The molecule has 0 aliphatic rings. The van der Waals surface area contributed by atoms with Gasteiger partial charge in [0.25, 0.3) is 5.91 Å². The van der Waals surface area contributed by atoms with E-state index in [0.717, 1.165) is 15.4 Å². The van der Waals surface area contributed by atoms with Gasteiger partial charge < -0.3 is 21.1 Å². The van der Waals surface area contributed by atoms with Gasteiger partial charge in [0.2, 0.25) is 0 Å². The second-order valence-corrected chi connectivity index (χ2v) is 4.87. The first-order chi connectivity index (χ1) is 9.00. The second kappa shape index (κ2) is 5.41. The number of aromatic amines is 1. The van der Waals surface area contributed by atoms with E-state index in [2.05, 4.69) is 26.2 Å². The van der Waals surface area contributed by atoms with Crippen LogP contribution in [0.4, 0.5) is 0 Å². The summed E-state index contributed by atoms with van der Waals surface area (Å²) in [5.41, 5.74) is 6.60. The molecule has 0 aliphatic heterocycles. The molecule has 1 amide bonds. The highest BCUT2D eigenvalue weighted by Crippen LogP contribution is 2.26. The fourth-order valence-electron chi connectivity index (χ4n) is 1.70. The number of carboxylic acids is 1. The Kier molecular flexibility index (Phi) is 3.87. The summed E-state index contributed by atoms with van der Waals surface area (Å²) in [5.74, 6) is -1.52. The lowest BCUT2D eigenvalue weighted by atomic mass is 10.1. The molecule has 0 aliphatic carbocycles. The third-order valence-corrected chi connectivity index (χ3v) is 3.36. The smallest absolute Gasteiger partial charge is 0.322 e. The van der Waals surface area contributed by atoms with Crippen LogP contribution < -0.4 is 11.1 Å². The van der Waals surface area contributed by atoms with Crippen molar-refractivity contribution >= 4 is 38.7 Å². The van der Waals surface area contributed by atoms with Crippen LogP contribution in [-0.2, 0) is 4.79 Å². The molecule has 0 bridgehead atoms. The molecule has 1 heterocycles. The molecule has 100 valence electrons. The summed E-state index contributed by atoms with van der Waals surface area (Å²) in [7, 11) is 0. The quantitative estimate of drug-likeness (QED) is 0.674. The average Bonchev–Trinajstić information content (AvgIpc) is 2.80. The average molecular weight is 326 g/mol. The normalized spacial score (nSPS) is 12.3. The van der Waals surface area contributed by atoms with Crippen molar-refractivity contribution in [3.05, 3.63) is 34.4 Å². The molecule has 0 spiro atoms. The number of fused-ring (bicyclic) bond motifs is 1. The van der Waals surface area contributed by atoms with Crippen LogP contribution in [-0.4, -0.2) is 34.6 Å². The molecule has 6 nitrogen and oxygen atoms in total. The molecule has 0 radical (unpaired) electrons. The minimum absolute atomic E-state index is 0.120. The summed E-state index contributed by atoms with van der Waals surface area (Å²) < 4.78 is 0.791. The molecular formula is C12H12BrN3O3. The van der Waals surface area contributed by atoms with Crippen LogP contribution >= 0.6 is 15.9 Å². The predicted octanol–water partition coefficient (Wildman–Crippen LogP) is 1.07. The Bertz CT molecular complexity index is 638. The lowest BCUT2D eigenvalue weighted by Gasteiger charge is -2.08. The fraction of sp³-hybridized carbons (Fsp3) is 0.167. The number of amides is 1. The topological polar surface area (TPSA) is 108 Å². The number of benzene rings is 1. The van der Waals surface area contributed by atoms with Crippen LogP contribution in [0.3, 0.4) is 0 Å².